The predicted molar refractivity (Wildman–Crippen MR) is 64.1 cm³/mol. The number of alkyl halides is 3. The van der Waals surface area contributed by atoms with Crippen LogP contribution in [0.1, 0.15) is 20.8 Å². The summed E-state index contributed by atoms with van der Waals surface area (Å²) in [6.07, 6.45) is -2.43. The van der Waals surface area contributed by atoms with Crippen molar-refractivity contribution in [3.8, 4) is 0 Å². The van der Waals surface area contributed by atoms with E-state index >= 15 is 0 Å². The van der Waals surface area contributed by atoms with E-state index in [4.69, 9.17) is 0 Å². The molecule has 3 nitrogen and oxygen atoms in total. The zero-order valence-electron chi connectivity index (χ0n) is 10.4. The number of carbonyl (C=O) groups excluding carboxylic acids is 1. The van der Waals surface area contributed by atoms with Crippen LogP contribution >= 0.6 is 11.8 Å². The molecule has 0 aromatic rings. The van der Waals surface area contributed by atoms with E-state index < -0.39 is 24.7 Å². The van der Waals surface area contributed by atoms with Crippen LogP contribution in [0.2, 0.25) is 0 Å². The lowest BCUT2D eigenvalue weighted by molar-refractivity contribution is -0.139. The first kappa shape index (κ1) is 16.6. The molecular weight excluding hydrogens is 253 g/mol. The minimum atomic E-state index is -4.37. The minimum absolute atomic E-state index is 0.0570. The average Bonchev–Trinajstić information content (AvgIpc) is 2.21. The van der Waals surface area contributed by atoms with Gasteiger partial charge in [-0.25, -0.2) is 0 Å². The van der Waals surface area contributed by atoms with Crippen molar-refractivity contribution in [2.75, 3.05) is 19.3 Å². The van der Waals surface area contributed by atoms with E-state index in [-0.39, 0.29) is 4.75 Å². The van der Waals surface area contributed by atoms with E-state index in [1.807, 2.05) is 25.4 Å². The Bertz CT molecular complexity index is 256. The maximum absolute atomic E-state index is 11.9. The van der Waals surface area contributed by atoms with E-state index in [9.17, 15) is 18.0 Å². The van der Waals surface area contributed by atoms with E-state index in [0.717, 1.165) is 0 Å². The van der Waals surface area contributed by atoms with Gasteiger partial charge in [-0.15, -0.1) is 0 Å². The number of hydrogen-bond acceptors (Lipinski definition) is 3. The fourth-order valence-electron chi connectivity index (χ4n) is 0.904. The number of carbonyl (C=O) groups is 1. The second-order valence-electron chi connectivity index (χ2n) is 4.40. The van der Waals surface area contributed by atoms with Gasteiger partial charge in [0.15, 0.2) is 0 Å². The average molecular weight is 272 g/mol. The molecule has 0 aliphatic heterocycles. The first-order valence-electron chi connectivity index (χ1n) is 5.20. The van der Waals surface area contributed by atoms with Gasteiger partial charge in [0.2, 0.25) is 5.91 Å². The number of nitrogens with one attached hydrogen (secondary N) is 2. The van der Waals surface area contributed by atoms with Crippen molar-refractivity contribution in [3.63, 3.8) is 0 Å². The highest BCUT2D eigenvalue weighted by atomic mass is 32.2. The maximum atomic E-state index is 11.9. The van der Waals surface area contributed by atoms with E-state index in [1.165, 1.54) is 0 Å². The lowest BCUT2D eigenvalue weighted by Gasteiger charge is -2.24. The molecule has 0 heterocycles. The van der Waals surface area contributed by atoms with Crippen LogP contribution in [0.25, 0.3) is 0 Å². The highest BCUT2D eigenvalue weighted by Gasteiger charge is 2.29. The smallest absolute Gasteiger partial charge is 0.346 e. The largest absolute Gasteiger partial charge is 0.405 e. The number of halogens is 3. The summed E-state index contributed by atoms with van der Waals surface area (Å²) >= 11 is 1.62. The Morgan fingerprint density at radius 1 is 1.29 bits per heavy atom. The van der Waals surface area contributed by atoms with E-state index in [2.05, 4.69) is 5.32 Å². The van der Waals surface area contributed by atoms with Crippen molar-refractivity contribution < 1.29 is 18.0 Å². The highest BCUT2D eigenvalue weighted by molar-refractivity contribution is 7.99. The van der Waals surface area contributed by atoms with Crippen LogP contribution in [0.5, 0.6) is 0 Å². The topological polar surface area (TPSA) is 41.1 Å². The molecule has 1 unspecified atom stereocenters. The van der Waals surface area contributed by atoms with Gasteiger partial charge >= 0.3 is 6.18 Å². The molecule has 1 amide bonds. The Balaban J connectivity index is 3.99. The SMILES string of the molecule is CSC(C)(C)CNC(C)C(=O)NCC(F)(F)F. The number of amides is 1. The molecule has 0 radical (unpaired) electrons. The molecule has 0 fully saturated rings. The predicted octanol–water partition coefficient (Wildman–Crippen LogP) is 1.78. The fourth-order valence-corrected chi connectivity index (χ4v) is 1.13. The Morgan fingerprint density at radius 3 is 2.24 bits per heavy atom. The molecule has 0 spiro atoms. The van der Waals surface area contributed by atoms with Crippen LogP contribution in [0.3, 0.4) is 0 Å². The quantitative estimate of drug-likeness (QED) is 0.774. The van der Waals surface area contributed by atoms with Gasteiger partial charge in [-0.05, 0) is 27.0 Å². The summed E-state index contributed by atoms with van der Waals surface area (Å²) in [5, 5.41) is 4.75. The first-order chi connectivity index (χ1) is 7.57. The third-order valence-electron chi connectivity index (χ3n) is 2.24. The molecule has 2 N–H and O–H groups in total. The highest BCUT2D eigenvalue weighted by Crippen LogP contribution is 2.19. The van der Waals surface area contributed by atoms with Crippen molar-refractivity contribution in [1.82, 2.24) is 10.6 Å². The van der Waals surface area contributed by atoms with Crippen LogP contribution in [-0.2, 0) is 4.79 Å². The number of hydrogen-bond donors (Lipinski definition) is 2. The molecule has 1 atom stereocenters. The van der Waals surface area contributed by atoms with E-state index in [0.29, 0.717) is 6.54 Å². The third kappa shape index (κ3) is 8.31. The Hall–Kier alpha value is -0.430. The molecule has 0 aromatic carbocycles. The van der Waals surface area contributed by atoms with Crippen molar-refractivity contribution >= 4 is 17.7 Å². The van der Waals surface area contributed by atoms with Gasteiger partial charge in [0, 0.05) is 11.3 Å². The first-order valence-corrected chi connectivity index (χ1v) is 6.43. The summed E-state index contributed by atoms with van der Waals surface area (Å²) in [6, 6.07) is -0.635. The summed E-state index contributed by atoms with van der Waals surface area (Å²) < 4.78 is 35.6. The normalized spacial score (nSPS) is 14.5. The zero-order chi connectivity index (χ0) is 13.7. The molecule has 0 aliphatic rings. The van der Waals surface area contributed by atoms with Crippen LogP contribution < -0.4 is 10.6 Å². The summed E-state index contributed by atoms with van der Waals surface area (Å²) in [4.78, 5) is 11.3. The summed E-state index contributed by atoms with van der Waals surface area (Å²) in [6.45, 7) is 4.79. The molecule has 17 heavy (non-hydrogen) atoms. The molecule has 0 aliphatic carbocycles. The third-order valence-corrected chi connectivity index (χ3v) is 3.49. The molecule has 0 saturated heterocycles. The van der Waals surface area contributed by atoms with Crippen LogP contribution in [0.4, 0.5) is 13.2 Å². The molecule has 0 bridgehead atoms. The van der Waals surface area contributed by atoms with Crippen molar-refractivity contribution in [2.24, 2.45) is 0 Å². The summed E-state index contributed by atoms with van der Waals surface area (Å²) in [5.41, 5.74) is 0. The van der Waals surface area contributed by atoms with Crippen LogP contribution in [0, 0.1) is 0 Å². The van der Waals surface area contributed by atoms with Gasteiger partial charge in [-0.1, -0.05) is 0 Å². The summed E-state index contributed by atoms with van der Waals surface area (Å²) in [7, 11) is 0. The number of rotatable bonds is 6. The van der Waals surface area contributed by atoms with Gasteiger partial charge in [0.05, 0.1) is 6.04 Å². The van der Waals surface area contributed by atoms with Crippen molar-refractivity contribution in [1.29, 1.82) is 0 Å². The standard InChI is InChI=1S/C10H19F3N2OS/c1-7(14-5-9(2,3)17-4)8(16)15-6-10(11,12)13/h7,14H,5-6H2,1-4H3,(H,15,16). The monoisotopic (exact) mass is 272 g/mol. The minimum Gasteiger partial charge on any atom is -0.346 e. The fraction of sp³-hybridized carbons (Fsp3) is 0.900. The van der Waals surface area contributed by atoms with Gasteiger partial charge in [0.1, 0.15) is 6.54 Å². The number of thioether (sulfide) groups is 1. The lowest BCUT2D eigenvalue weighted by Crippen LogP contribution is -2.48. The van der Waals surface area contributed by atoms with Crippen molar-refractivity contribution in [2.45, 2.75) is 37.7 Å². The second-order valence-corrected chi connectivity index (χ2v) is 5.91. The van der Waals surface area contributed by atoms with Gasteiger partial charge in [-0.3, -0.25) is 4.79 Å². The second kappa shape index (κ2) is 6.49. The molecule has 0 aromatic heterocycles. The Labute approximate surface area is 104 Å². The van der Waals surface area contributed by atoms with Crippen LogP contribution in [-0.4, -0.2) is 42.2 Å². The molecule has 0 saturated carbocycles. The summed E-state index contributed by atoms with van der Waals surface area (Å²) in [5.74, 6) is -0.640. The van der Waals surface area contributed by atoms with Gasteiger partial charge < -0.3 is 10.6 Å². The Morgan fingerprint density at radius 2 is 1.82 bits per heavy atom. The Kier molecular flexibility index (Phi) is 6.32. The van der Waals surface area contributed by atoms with Crippen LogP contribution in [0.15, 0.2) is 0 Å². The molecule has 7 heteroatoms. The van der Waals surface area contributed by atoms with Crippen molar-refractivity contribution in [3.05, 3.63) is 0 Å². The molecular formula is C10H19F3N2OS. The molecule has 102 valence electrons. The maximum Gasteiger partial charge on any atom is 0.405 e. The van der Waals surface area contributed by atoms with Gasteiger partial charge in [-0.2, -0.15) is 24.9 Å². The van der Waals surface area contributed by atoms with E-state index in [1.54, 1.807) is 18.7 Å². The zero-order valence-corrected chi connectivity index (χ0v) is 11.3. The molecule has 0 rings (SSSR count). The van der Waals surface area contributed by atoms with Gasteiger partial charge in [0.25, 0.3) is 0 Å². The lowest BCUT2D eigenvalue weighted by atomic mass is 10.2.